The van der Waals surface area contributed by atoms with E-state index in [1.54, 1.807) is 48.8 Å². The molecule has 0 spiro atoms. The van der Waals surface area contributed by atoms with Gasteiger partial charge in [-0.25, -0.2) is 13.1 Å². The highest BCUT2D eigenvalue weighted by molar-refractivity contribution is 7.89. The van der Waals surface area contributed by atoms with Crippen LogP contribution in [0.2, 0.25) is 0 Å². The monoisotopic (exact) mass is 310 g/mol. The molecule has 0 atom stereocenters. The van der Waals surface area contributed by atoms with E-state index in [4.69, 9.17) is 11.6 Å². The summed E-state index contributed by atoms with van der Waals surface area (Å²) >= 11 is 5.65. The molecule has 1 N–H and O–H groups in total. The van der Waals surface area contributed by atoms with E-state index in [9.17, 15) is 8.42 Å². The molecule has 20 heavy (non-hydrogen) atoms. The van der Waals surface area contributed by atoms with Gasteiger partial charge in [-0.3, -0.25) is 4.98 Å². The molecule has 0 amide bonds. The Hall–Kier alpha value is -1.43. The number of pyridine rings is 1. The molecule has 2 rings (SSSR count). The predicted molar refractivity (Wildman–Crippen MR) is 79.1 cm³/mol. The summed E-state index contributed by atoms with van der Waals surface area (Å²) in [4.78, 5) is 4.14. The molecule has 0 unspecified atom stereocenters. The van der Waals surface area contributed by atoms with Crippen LogP contribution in [0.25, 0.3) is 0 Å². The standard InChI is InChI=1S/C14H15ClN2O2S/c15-8-5-12-1-3-14(4-2-12)20(18,19)17-11-13-6-9-16-10-7-13/h1-4,6-7,9-10,17H,5,8,11H2. The average Bonchev–Trinajstić information content (AvgIpc) is 2.47. The number of halogens is 1. The summed E-state index contributed by atoms with van der Waals surface area (Å²) < 4.78 is 26.8. The summed E-state index contributed by atoms with van der Waals surface area (Å²) in [5.74, 6) is 0.520. The summed E-state index contributed by atoms with van der Waals surface area (Å²) in [7, 11) is -3.49. The average molecular weight is 311 g/mol. The Balaban J connectivity index is 2.06. The van der Waals surface area contributed by atoms with Crippen molar-refractivity contribution in [2.45, 2.75) is 17.9 Å². The maximum atomic E-state index is 12.1. The van der Waals surface area contributed by atoms with E-state index in [1.807, 2.05) is 0 Å². The molecule has 0 bridgehead atoms. The Morgan fingerprint density at radius 2 is 1.65 bits per heavy atom. The Bertz CT molecular complexity index is 643. The SMILES string of the molecule is O=S(=O)(NCc1ccncc1)c1ccc(CCCl)cc1. The van der Waals surface area contributed by atoms with E-state index in [1.165, 1.54) is 0 Å². The second kappa shape index (κ2) is 6.83. The lowest BCUT2D eigenvalue weighted by atomic mass is 10.2. The maximum absolute atomic E-state index is 12.1. The smallest absolute Gasteiger partial charge is 0.240 e. The second-order valence-corrected chi connectivity index (χ2v) is 6.41. The van der Waals surface area contributed by atoms with E-state index >= 15 is 0 Å². The lowest BCUT2D eigenvalue weighted by molar-refractivity contribution is 0.581. The molecule has 0 radical (unpaired) electrons. The molecule has 0 aliphatic heterocycles. The number of aromatic nitrogens is 1. The first kappa shape index (κ1) is 15.0. The zero-order valence-corrected chi connectivity index (χ0v) is 12.4. The van der Waals surface area contributed by atoms with Crippen molar-refractivity contribution in [3.63, 3.8) is 0 Å². The van der Waals surface area contributed by atoms with Crippen LogP contribution in [0.5, 0.6) is 0 Å². The summed E-state index contributed by atoms with van der Waals surface area (Å²) in [6.45, 7) is 0.244. The minimum absolute atomic E-state index is 0.244. The Labute approximate surface area is 123 Å². The highest BCUT2D eigenvalue weighted by atomic mass is 35.5. The summed E-state index contributed by atoms with van der Waals surface area (Å²) in [5, 5.41) is 0. The minimum Gasteiger partial charge on any atom is -0.265 e. The van der Waals surface area contributed by atoms with E-state index in [2.05, 4.69) is 9.71 Å². The predicted octanol–water partition coefficient (Wildman–Crippen LogP) is 2.34. The van der Waals surface area contributed by atoms with Crippen molar-refractivity contribution in [1.29, 1.82) is 0 Å². The molecular weight excluding hydrogens is 296 g/mol. The fraction of sp³-hybridized carbons (Fsp3) is 0.214. The van der Waals surface area contributed by atoms with Crippen molar-refractivity contribution >= 4 is 21.6 Å². The van der Waals surface area contributed by atoms with Crippen molar-refractivity contribution < 1.29 is 8.42 Å². The van der Waals surface area contributed by atoms with Gasteiger partial charge in [-0.2, -0.15) is 0 Å². The lowest BCUT2D eigenvalue weighted by Gasteiger charge is -2.07. The van der Waals surface area contributed by atoms with Crippen LogP contribution >= 0.6 is 11.6 Å². The van der Waals surface area contributed by atoms with Gasteiger partial charge in [0.25, 0.3) is 0 Å². The number of benzene rings is 1. The molecule has 0 saturated carbocycles. The first-order chi connectivity index (χ1) is 9.62. The van der Waals surface area contributed by atoms with Crippen molar-refractivity contribution in [2.24, 2.45) is 0 Å². The van der Waals surface area contributed by atoms with E-state index in [-0.39, 0.29) is 11.4 Å². The van der Waals surface area contributed by atoms with Gasteiger partial charge in [-0.15, -0.1) is 11.6 Å². The van der Waals surface area contributed by atoms with Gasteiger partial charge in [0.1, 0.15) is 0 Å². The largest absolute Gasteiger partial charge is 0.265 e. The van der Waals surface area contributed by atoms with Gasteiger partial charge in [0.2, 0.25) is 10.0 Å². The molecule has 0 aliphatic carbocycles. The molecule has 6 heteroatoms. The summed E-state index contributed by atoms with van der Waals surface area (Å²) in [6, 6.07) is 10.3. The van der Waals surface area contributed by atoms with Crippen LogP contribution in [0.4, 0.5) is 0 Å². The quantitative estimate of drug-likeness (QED) is 0.833. The van der Waals surface area contributed by atoms with Crippen LogP contribution < -0.4 is 4.72 Å². The first-order valence-corrected chi connectivity index (χ1v) is 8.17. The Morgan fingerprint density at radius 1 is 1.00 bits per heavy atom. The normalized spacial score (nSPS) is 11.4. The zero-order valence-electron chi connectivity index (χ0n) is 10.8. The van der Waals surface area contributed by atoms with Crippen LogP contribution in [0.15, 0.2) is 53.7 Å². The molecule has 4 nitrogen and oxygen atoms in total. The van der Waals surface area contributed by atoms with Crippen LogP contribution in [-0.2, 0) is 23.0 Å². The number of hydrogen-bond donors (Lipinski definition) is 1. The number of rotatable bonds is 6. The number of sulfonamides is 1. The lowest BCUT2D eigenvalue weighted by Crippen LogP contribution is -2.23. The first-order valence-electron chi connectivity index (χ1n) is 6.15. The number of hydrogen-bond acceptors (Lipinski definition) is 3. The summed E-state index contributed by atoms with van der Waals surface area (Å²) in [5.41, 5.74) is 1.88. The highest BCUT2D eigenvalue weighted by Gasteiger charge is 2.13. The molecular formula is C14H15ClN2O2S. The third kappa shape index (κ3) is 4.03. The molecule has 106 valence electrons. The fourth-order valence-corrected chi connectivity index (χ4v) is 2.94. The van der Waals surface area contributed by atoms with Gasteiger partial charge in [0.05, 0.1) is 4.90 Å². The maximum Gasteiger partial charge on any atom is 0.240 e. The molecule has 1 aromatic carbocycles. The van der Waals surface area contributed by atoms with Crippen molar-refractivity contribution in [3.8, 4) is 0 Å². The molecule has 0 fully saturated rings. The van der Waals surface area contributed by atoms with Crippen LogP contribution in [0, 0.1) is 0 Å². The molecule has 0 saturated heterocycles. The molecule has 1 aromatic heterocycles. The molecule has 1 heterocycles. The Kier molecular flexibility index (Phi) is 5.11. The highest BCUT2D eigenvalue weighted by Crippen LogP contribution is 2.12. The number of nitrogens with one attached hydrogen (secondary N) is 1. The summed E-state index contributed by atoms with van der Waals surface area (Å²) in [6.07, 6.45) is 3.99. The Morgan fingerprint density at radius 3 is 2.25 bits per heavy atom. The topological polar surface area (TPSA) is 59.1 Å². The second-order valence-electron chi connectivity index (χ2n) is 4.26. The molecule has 0 aliphatic rings. The minimum atomic E-state index is -3.49. The van der Waals surface area contributed by atoms with Gasteiger partial charge in [-0.1, -0.05) is 12.1 Å². The zero-order chi connectivity index (χ0) is 14.4. The number of nitrogens with zero attached hydrogens (tertiary/aromatic N) is 1. The van der Waals surface area contributed by atoms with Gasteiger partial charge in [-0.05, 0) is 41.8 Å². The molecule has 2 aromatic rings. The van der Waals surface area contributed by atoms with E-state index < -0.39 is 10.0 Å². The van der Waals surface area contributed by atoms with E-state index in [0.29, 0.717) is 5.88 Å². The third-order valence-electron chi connectivity index (χ3n) is 2.83. The van der Waals surface area contributed by atoms with Crippen LogP contribution in [0.3, 0.4) is 0 Å². The van der Waals surface area contributed by atoms with Crippen molar-refractivity contribution in [2.75, 3.05) is 5.88 Å². The number of aryl methyl sites for hydroxylation is 1. The van der Waals surface area contributed by atoms with Crippen molar-refractivity contribution in [1.82, 2.24) is 9.71 Å². The van der Waals surface area contributed by atoms with Gasteiger partial charge in [0.15, 0.2) is 0 Å². The van der Waals surface area contributed by atoms with Crippen molar-refractivity contribution in [3.05, 3.63) is 59.9 Å². The third-order valence-corrected chi connectivity index (χ3v) is 4.44. The van der Waals surface area contributed by atoms with Gasteiger partial charge in [0, 0.05) is 24.8 Å². The van der Waals surface area contributed by atoms with Crippen LogP contribution in [-0.4, -0.2) is 19.3 Å². The fourth-order valence-electron chi connectivity index (χ4n) is 1.71. The van der Waals surface area contributed by atoms with Gasteiger partial charge >= 0.3 is 0 Å². The van der Waals surface area contributed by atoms with Crippen LogP contribution in [0.1, 0.15) is 11.1 Å². The number of alkyl halides is 1. The van der Waals surface area contributed by atoms with E-state index in [0.717, 1.165) is 17.5 Å². The van der Waals surface area contributed by atoms with Gasteiger partial charge < -0.3 is 0 Å².